The standard InChI is InChI=1S/C13H24N4O/c1-11(2)9-14-12-8-13(18)17(15-10-12)7-5-6-16(3)4/h8,10-11,14H,5-7,9H2,1-4H3. The van der Waals surface area contributed by atoms with Crippen LogP contribution in [0.25, 0.3) is 0 Å². The van der Waals surface area contributed by atoms with Crippen molar-refractivity contribution < 1.29 is 0 Å². The van der Waals surface area contributed by atoms with Gasteiger partial charge in [0.1, 0.15) is 0 Å². The van der Waals surface area contributed by atoms with Crippen LogP contribution in [0.5, 0.6) is 0 Å². The normalized spacial score (nSPS) is 11.2. The van der Waals surface area contributed by atoms with Crippen LogP contribution in [-0.2, 0) is 6.54 Å². The van der Waals surface area contributed by atoms with Crippen LogP contribution < -0.4 is 10.9 Å². The number of nitrogens with one attached hydrogen (secondary N) is 1. The first-order valence-electron chi connectivity index (χ1n) is 6.45. The van der Waals surface area contributed by atoms with Crippen LogP contribution >= 0.6 is 0 Å². The minimum Gasteiger partial charge on any atom is -0.383 e. The largest absolute Gasteiger partial charge is 0.383 e. The smallest absolute Gasteiger partial charge is 0.268 e. The van der Waals surface area contributed by atoms with E-state index in [1.54, 1.807) is 12.3 Å². The molecule has 0 saturated heterocycles. The lowest BCUT2D eigenvalue weighted by atomic mass is 10.2. The van der Waals surface area contributed by atoms with Gasteiger partial charge >= 0.3 is 0 Å². The molecule has 0 aromatic carbocycles. The summed E-state index contributed by atoms with van der Waals surface area (Å²) >= 11 is 0. The first-order valence-corrected chi connectivity index (χ1v) is 6.45. The van der Waals surface area contributed by atoms with E-state index in [2.05, 4.69) is 29.2 Å². The topological polar surface area (TPSA) is 50.2 Å². The molecule has 1 N–H and O–H groups in total. The summed E-state index contributed by atoms with van der Waals surface area (Å²) in [4.78, 5) is 13.9. The zero-order valence-corrected chi connectivity index (χ0v) is 11.8. The van der Waals surface area contributed by atoms with Gasteiger partial charge in [-0.3, -0.25) is 4.79 Å². The Kier molecular flexibility index (Phi) is 5.85. The highest BCUT2D eigenvalue weighted by atomic mass is 16.1. The van der Waals surface area contributed by atoms with Crippen molar-refractivity contribution in [2.24, 2.45) is 5.92 Å². The van der Waals surface area contributed by atoms with Gasteiger partial charge in [0, 0.05) is 19.2 Å². The summed E-state index contributed by atoms with van der Waals surface area (Å²) in [7, 11) is 4.05. The molecule has 1 aromatic rings. The number of anilines is 1. The summed E-state index contributed by atoms with van der Waals surface area (Å²) < 4.78 is 1.52. The third-order valence-corrected chi connectivity index (χ3v) is 2.56. The first-order chi connectivity index (χ1) is 8.49. The van der Waals surface area contributed by atoms with Gasteiger partial charge in [-0.2, -0.15) is 5.10 Å². The van der Waals surface area contributed by atoms with Gasteiger partial charge in [0.25, 0.3) is 5.56 Å². The van der Waals surface area contributed by atoms with Crippen molar-refractivity contribution >= 4 is 5.69 Å². The molecule has 0 fully saturated rings. The van der Waals surface area contributed by atoms with Crippen LogP contribution in [0.1, 0.15) is 20.3 Å². The van der Waals surface area contributed by atoms with Gasteiger partial charge in [0.2, 0.25) is 0 Å². The van der Waals surface area contributed by atoms with E-state index >= 15 is 0 Å². The minimum absolute atomic E-state index is 0.0393. The van der Waals surface area contributed by atoms with Gasteiger partial charge in [0.05, 0.1) is 11.9 Å². The maximum atomic E-state index is 11.8. The average molecular weight is 252 g/mol. The summed E-state index contributed by atoms with van der Waals surface area (Å²) in [6, 6.07) is 1.62. The Morgan fingerprint density at radius 2 is 2.17 bits per heavy atom. The van der Waals surface area contributed by atoms with E-state index in [-0.39, 0.29) is 5.56 Å². The third-order valence-electron chi connectivity index (χ3n) is 2.56. The predicted octanol–water partition coefficient (Wildman–Crippen LogP) is 1.26. The molecule has 5 heteroatoms. The van der Waals surface area contributed by atoms with Gasteiger partial charge in [-0.1, -0.05) is 13.8 Å². The molecule has 0 aliphatic carbocycles. The molecular weight excluding hydrogens is 228 g/mol. The predicted molar refractivity (Wildman–Crippen MR) is 75.0 cm³/mol. The third kappa shape index (κ3) is 5.31. The van der Waals surface area contributed by atoms with E-state index in [4.69, 9.17) is 0 Å². The second-order valence-electron chi connectivity index (χ2n) is 5.24. The van der Waals surface area contributed by atoms with Crippen LogP contribution in [0.3, 0.4) is 0 Å². The number of hydrogen-bond donors (Lipinski definition) is 1. The lowest BCUT2D eigenvalue weighted by Gasteiger charge is -2.11. The summed E-state index contributed by atoms with van der Waals surface area (Å²) in [5.41, 5.74) is 0.764. The number of nitrogens with zero attached hydrogens (tertiary/aromatic N) is 3. The molecule has 0 radical (unpaired) electrons. The SMILES string of the molecule is CC(C)CNc1cnn(CCCN(C)C)c(=O)c1. The molecule has 0 atom stereocenters. The second-order valence-corrected chi connectivity index (χ2v) is 5.24. The molecule has 5 nitrogen and oxygen atoms in total. The summed E-state index contributed by atoms with van der Waals surface area (Å²) in [5, 5.41) is 7.38. The monoisotopic (exact) mass is 252 g/mol. The molecule has 0 saturated carbocycles. The molecule has 102 valence electrons. The van der Waals surface area contributed by atoms with Crippen molar-refractivity contribution in [3.8, 4) is 0 Å². The number of aromatic nitrogens is 2. The summed E-state index contributed by atoms with van der Waals surface area (Å²) in [5.74, 6) is 0.549. The van der Waals surface area contributed by atoms with Crippen LogP contribution in [0.15, 0.2) is 17.1 Å². The van der Waals surface area contributed by atoms with Gasteiger partial charge < -0.3 is 10.2 Å². The molecule has 1 aromatic heterocycles. The summed E-state index contributed by atoms with van der Waals surface area (Å²) in [6.07, 6.45) is 2.65. The minimum atomic E-state index is -0.0393. The molecule has 0 aliphatic heterocycles. The Labute approximate surface area is 109 Å². The zero-order chi connectivity index (χ0) is 13.5. The number of aryl methyl sites for hydroxylation is 1. The molecular formula is C13H24N4O. The fourth-order valence-corrected chi connectivity index (χ4v) is 1.56. The highest BCUT2D eigenvalue weighted by Gasteiger charge is 2.01. The maximum absolute atomic E-state index is 11.8. The van der Waals surface area contributed by atoms with E-state index < -0.39 is 0 Å². The highest BCUT2D eigenvalue weighted by Crippen LogP contribution is 2.02. The fourth-order valence-electron chi connectivity index (χ4n) is 1.56. The molecule has 1 rings (SSSR count). The lowest BCUT2D eigenvalue weighted by Crippen LogP contribution is -2.25. The first kappa shape index (κ1) is 14.7. The van der Waals surface area contributed by atoms with Crippen LogP contribution in [0.2, 0.25) is 0 Å². The quantitative estimate of drug-likeness (QED) is 0.794. The van der Waals surface area contributed by atoms with Crippen molar-refractivity contribution in [3.05, 3.63) is 22.6 Å². The Balaban J connectivity index is 2.54. The average Bonchev–Trinajstić information content (AvgIpc) is 2.28. The molecule has 0 amide bonds. The number of hydrogen-bond acceptors (Lipinski definition) is 4. The lowest BCUT2D eigenvalue weighted by molar-refractivity contribution is 0.377. The van der Waals surface area contributed by atoms with E-state index in [0.717, 1.165) is 25.2 Å². The molecule has 0 unspecified atom stereocenters. The van der Waals surface area contributed by atoms with Crippen molar-refractivity contribution in [1.82, 2.24) is 14.7 Å². The maximum Gasteiger partial charge on any atom is 0.268 e. The van der Waals surface area contributed by atoms with Gasteiger partial charge in [-0.15, -0.1) is 0 Å². The van der Waals surface area contributed by atoms with Crippen LogP contribution in [0, 0.1) is 5.92 Å². The Bertz CT molecular complexity index is 412. The van der Waals surface area contributed by atoms with Crippen molar-refractivity contribution in [1.29, 1.82) is 0 Å². The Morgan fingerprint density at radius 1 is 1.44 bits per heavy atom. The van der Waals surface area contributed by atoms with E-state index in [9.17, 15) is 4.79 Å². The van der Waals surface area contributed by atoms with Crippen LogP contribution in [0.4, 0.5) is 5.69 Å². The van der Waals surface area contributed by atoms with Crippen LogP contribution in [-0.4, -0.2) is 41.9 Å². The van der Waals surface area contributed by atoms with Crippen molar-refractivity contribution in [3.63, 3.8) is 0 Å². The summed E-state index contributed by atoms with van der Waals surface area (Å²) in [6.45, 7) is 6.74. The van der Waals surface area contributed by atoms with Gasteiger partial charge in [0.15, 0.2) is 0 Å². The van der Waals surface area contributed by atoms with E-state index in [0.29, 0.717) is 12.5 Å². The highest BCUT2D eigenvalue weighted by molar-refractivity contribution is 5.38. The Hall–Kier alpha value is -1.36. The van der Waals surface area contributed by atoms with Gasteiger partial charge in [-0.05, 0) is 33.0 Å². The molecule has 0 spiro atoms. The Morgan fingerprint density at radius 3 is 2.72 bits per heavy atom. The molecule has 0 bridgehead atoms. The molecule has 1 heterocycles. The zero-order valence-electron chi connectivity index (χ0n) is 11.8. The van der Waals surface area contributed by atoms with Crippen molar-refractivity contribution in [2.75, 3.05) is 32.5 Å². The second kappa shape index (κ2) is 7.16. The molecule has 18 heavy (non-hydrogen) atoms. The number of rotatable bonds is 7. The van der Waals surface area contributed by atoms with Crippen molar-refractivity contribution in [2.45, 2.75) is 26.8 Å². The van der Waals surface area contributed by atoms with Gasteiger partial charge in [-0.25, -0.2) is 4.68 Å². The van der Waals surface area contributed by atoms with E-state index in [1.807, 2.05) is 14.1 Å². The molecule has 0 aliphatic rings. The fraction of sp³-hybridized carbons (Fsp3) is 0.692. The van der Waals surface area contributed by atoms with E-state index in [1.165, 1.54) is 4.68 Å².